The summed E-state index contributed by atoms with van der Waals surface area (Å²) in [5.74, 6) is -0.254. The number of benzene rings is 3. The summed E-state index contributed by atoms with van der Waals surface area (Å²) in [6.45, 7) is 3.71. The quantitative estimate of drug-likeness (QED) is 0.688. The van der Waals surface area contributed by atoms with Gasteiger partial charge in [-0.15, -0.1) is 0 Å². The first-order valence-electron chi connectivity index (χ1n) is 10.6. The Morgan fingerprint density at radius 2 is 1.63 bits per heavy atom. The van der Waals surface area contributed by atoms with Gasteiger partial charge in [-0.05, 0) is 54.6 Å². The summed E-state index contributed by atoms with van der Waals surface area (Å²) in [6.07, 6.45) is 2.52. The van der Waals surface area contributed by atoms with Crippen LogP contribution in [0.15, 0.2) is 60.7 Å². The van der Waals surface area contributed by atoms with Crippen LogP contribution in [0.3, 0.4) is 0 Å². The van der Waals surface area contributed by atoms with Gasteiger partial charge in [-0.2, -0.15) is 0 Å². The Balaban J connectivity index is 1.27. The first-order chi connectivity index (χ1) is 14.7. The summed E-state index contributed by atoms with van der Waals surface area (Å²) in [7, 11) is 0. The maximum atomic E-state index is 12.9. The standard InChI is InChI=1S/C25H25N3O2/c29-23(26-15-19-7-1-2-8-20(19)16-27-13-3-4-14-27)17-28-22-12-6-10-18-9-5-11-21(24(18)22)25(28)30/h1-2,5-12H,3-4,13-17H2,(H,26,29). The van der Waals surface area contributed by atoms with Gasteiger partial charge < -0.3 is 5.32 Å². The van der Waals surface area contributed by atoms with E-state index in [0.29, 0.717) is 12.1 Å². The summed E-state index contributed by atoms with van der Waals surface area (Å²) in [5, 5.41) is 4.98. The Kier molecular flexibility index (Phi) is 4.97. The number of amides is 2. The smallest absolute Gasteiger partial charge is 0.259 e. The third-order valence-electron chi connectivity index (χ3n) is 6.14. The van der Waals surface area contributed by atoms with E-state index in [0.717, 1.165) is 41.7 Å². The van der Waals surface area contributed by atoms with Gasteiger partial charge in [0.1, 0.15) is 6.54 Å². The molecule has 1 N–H and O–H groups in total. The molecule has 0 aliphatic carbocycles. The molecule has 0 aromatic heterocycles. The van der Waals surface area contributed by atoms with Gasteiger partial charge in [0.2, 0.25) is 5.91 Å². The lowest BCUT2D eigenvalue weighted by atomic mass is 10.1. The molecule has 30 heavy (non-hydrogen) atoms. The minimum absolute atomic E-state index is 0.0287. The number of hydrogen-bond acceptors (Lipinski definition) is 3. The van der Waals surface area contributed by atoms with Gasteiger partial charge in [-0.25, -0.2) is 0 Å². The van der Waals surface area contributed by atoms with Crippen molar-refractivity contribution in [2.24, 2.45) is 0 Å². The van der Waals surface area contributed by atoms with Gasteiger partial charge >= 0.3 is 0 Å². The fourth-order valence-corrected chi connectivity index (χ4v) is 4.60. The lowest BCUT2D eigenvalue weighted by molar-refractivity contribution is -0.119. The summed E-state index contributed by atoms with van der Waals surface area (Å²) in [5.41, 5.74) is 3.88. The first-order valence-corrected chi connectivity index (χ1v) is 10.6. The third kappa shape index (κ3) is 3.46. The van der Waals surface area contributed by atoms with Crippen molar-refractivity contribution in [3.05, 3.63) is 77.4 Å². The second-order valence-electron chi connectivity index (χ2n) is 8.10. The normalized spacial score (nSPS) is 15.9. The molecule has 2 amide bonds. The number of carbonyl (C=O) groups excluding carboxylic acids is 2. The highest BCUT2D eigenvalue weighted by molar-refractivity contribution is 6.26. The number of likely N-dealkylation sites (tertiary alicyclic amines) is 1. The van der Waals surface area contributed by atoms with Crippen LogP contribution in [0.2, 0.25) is 0 Å². The third-order valence-corrected chi connectivity index (χ3v) is 6.14. The van der Waals surface area contributed by atoms with Crippen molar-refractivity contribution in [3.63, 3.8) is 0 Å². The van der Waals surface area contributed by atoms with Crippen LogP contribution in [0.4, 0.5) is 5.69 Å². The zero-order valence-corrected chi connectivity index (χ0v) is 16.9. The predicted octanol–water partition coefficient (Wildman–Crippen LogP) is 3.71. The van der Waals surface area contributed by atoms with E-state index in [9.17, 15) is 9.59 Å². The number of anilines is 1. The molecule has 1 saturated heterocycles. The molecule has 5 heteroatoms. The van der Waals surface area contributed by atoms with Crippen molar-refractivity contribution >= 4 is 28.3 Å². The van der Waals surface area contributed by atoms with Gasteiger partial charge in [0.25, 0.3) is 5.91 Å². The van der Waals surface area contributed by atoms with Gasteiger partial charge in [0, 0.05) is 24.0 Å². The van der Waals surface area contributed by atoms with E-state index >= 15 is 0 Å². The Hall–Kier alpha value is -3.18. The number of hydrogen-bond donors (Lipinski definition) is 1. The maximum absolute atomic E-state index is 12.9. The fraction of sp³-hybridized carbons (Fsp3) is 0.280. The molecule has 3 aromatic rings. The van der Waals surface area contributed by atoms with E-state index in [4.69, 9.17) is 0 Å². The molecule has 2 aliphatic heterocycles. The Bertz CT molecular complexity index is 1110. The van der Waals surface area contributed by atoms with Crippen LogP contribution < -0.4 is 10.2 Å². The molecule has 0 radical (unpaired) electrons. The fourth-order valence-electron chi connectivity index (χ4n) is 4.60. The van der Waals surface area contributed by atoms with Gasteiger partial charge in [-0.1, -0.05) is 48.5 Å². The molecule has 2 aliphatic rings. The number of carbonyl (C=O) groups is 2. The largest absolute Gasteiger partial charge is 0.350 e. The number of rotatable bonds is 6. The Labute approximate surface area is 176 Å². The number of nitrogens with zero attached hydrogens (tertiary/aromatic N) is 2. The van der Waals surface area contributed by atoms with Crippen molar-refractivity contribution in [1.29, 1.82) is 0 Å². The predicted molar refractivity (Wildman–Crippen MR) is 118 cm³/mol. The molecule has 2 heterocycles. The van der Waals surface area contributed by atoms with Crippen LogP contribution in [0.1, 0.15) is 34.3 Å². The second-order valence-corrected chi connectivity index (χ2v) is 8.10. The van der Waals surface area contributed by atoms with E-state index in [1.165, 1.54) is 18.4 Å². The average molecular weight is 399 g/mol. The lowest BCUT2D eigenvalue weighted by Gasteiger charge is -2.19. The highest BCUT2D eigenvalue weighted by Gasteiger charge is 2.30. The van der Waals surface area contributed by atoms with Gasteiger partial charge in [0.15, 0.2) is 0 Å². The molecule has 152 valence electrons. The molecular formula is C25H25N3O2. The molecule has 0 spiro atoms. The second kappa shape index (κ2) is 7.92. The molecule has 0 atom stereocenters. The molecule has 0 unspecified atom stereocenters. The summed E-state index contributed by atoms with van der Waals surface area (Å²) < 4.78 is 0. The van der Waals surface area contributed by atoms with Crippen LogP contribution in [-0.4, -0.2) is 36.3 Å². The van der Waals surface area contributed by atoms with Gasteiger partial charge in [0.05, 0.1) is 5.69 Å². The molecular weight excluding hydrogens is 374 g/mol. The highest BCUT2D eigenvalue weighted by Crippen LogP contribution is 2.36. The lowest BCUT2D eigenvalue weighted by Crippen LogP contribution is -2.38. The first kappa shape index (κ1) is 18.8. The molecule has 0 saturated carbocycles. The molecule has 3 aromatic carbocycles. The minimum Gasteiger partial charge on any atom is -0.350 e. The van der Waals surface area contributed by atoms with Crippen molar-refractivity contribution < 1.29 is 9.59 Å². The van der Waals surface area contributed by atoms with Crippen molar-refractivity contribution in [2.75, 3.05) is 24.5 Å². The monoisotopic (exact) mass is 399 g/mol. The molecule has 5 nitrogen and oxygen atoms in total. The van der Waals surface area contributed by atoms with Crippen LogP contribution >= 0.6 is 0 Å². The van der Waals surface area contributed by atoms with Gasteiger partial charge in [-0.3, -0.25) is 19.4 Å². The molecule has 5 rings (SSSR count). The average Bonchev–Trinajstić information content (AvgIpc) is 3.37. The van der Waals surface area contributed by atoms with E-state index in [-0.39, 0.29) is 18.4 Å². The highest BCUT2D eigenvalue weighted by atomic mass is 16.2. The van der Waals surface area contributed by atoms with Crippen molar-refractivity contribution in [1.82, 2.24) is 10.2 Å². The Morgan fingerprint density at radius 1 is 0.900 bits per heavy atom. The summed E-state index contributed by atoms with van der Waals surface area (Å²) in [6, 6.07) is 19.8. The SMILES string of the molecule is O=C(CN1C(=O)c2cccc3cccc1c23)NCc1ccccc1CN1CCCC1. The topological polar surface area (TPSA) is 52.7 Å². The maximum Gasteiger partial charge on any atom is 0.259 e. The van der Waals surface area contributed by atoms with Crippen LogP contribution in [0, 0.1) is 0 Å². The Morgan fingerprint density at radius 3 is 2.43 bits per heavy atom. The minimum atomic E-state index is -0.149. The van der Waals surface area contributed by atoms with Crippen LogP contribution in [-0.2, 0) is 17.9 Å². The summed E-state index contributed by atoms with van der Waals surface area (Å²) >= 11 is 0. The molecule has 1 fully saturated rings. The molecule has 0 bridgehead atoms. The van der Waals surface area contributed by atoms with Crippen LogP contribution in [0.25, 0.3) is 10.8 Å². The van der Waals surface area contributed by atoms with E-state index in [1.54, 1.807) is 4.90 Å². The van der Waals surface area contributed by atoms with E-state index in [2.05, 4.69) is 28.4 Å². The number of nitrogens with one attached hydrogen (secondary N) is 1. The van der Waals surface area contributed by atoms with E-state index < -0.39 is 0 Å². The zero-order valence-electron chi connectivity index (χ0n) is 16.9. The van der Waals surface area contributed by atoms with Crippen LogP contribution in [0.5, 0.6) is 0 Å². The van der Waals surface area contributed by atoms with Crippen molar-refractivity contribution in [2.45, 2.75) is 25.9 Å². The van der Waals surface area contributed by atoms with E-state index in [1.807, 2.05) is 42.5 Å². The summed E-state index contributed by atoms with van der Waals surface area (Å²) in [4.78, 5) is 29.6. The zero-order chi connectivity index (χ0) is 20.5. The van der Waals surface area contributed by atoms with Crippen molar-refractivity contribution in [3.8, 4) is 0 Å².